The summed E-state index contributed by atoms with van der Waals surface area (Å²) in [6.07, 6.45) is 1.72. The van der Waals surface area contributed by atoms with Gasteiger partial charge in [-0.15, -0.1) is 0 Å². The maximum atomic E-state index is 5.47. The smallest absolute Gasteiger partial charge is 0.221 e. The van der Waals surface area contributed by atoms with Crippen LogP contribution in [0.15, 0.2) is 30.5 Å². The summed E-state index contributed by atoms with van der Waals surface area (Å²) < 4.78 is 10.6. The Bertz CT molecular complexity index is 485. The van der Waals surface area contributed by atoms with E-state index in [9.17, 15) is 0 Å². The molecule has 1 aromatic carbocycles. The maximum Gasteiger partial charge on any atom is 0.221 e. The summed E-state index contributed by atoms with van der Waals surface area (Å²) in [6, 6.07) is 7.70. The molecule has 0 radical (unpaired) electrons. The molecule has 0 aliphatic carbocycles. The number of aromatic nitrogens is 1. The van der Waals surface area contributed by atoms with Crippen LogP contribution in [-0.2, 0) is 0 Å². The van der Waals surface area contributed by atoms with Gasteiger partial charge in [-0.1, -0.05) is 0 Å². The molecule has 0 atom stereocenters. The number of hydrogen-bond acceptors (Lipinski definition) is 4. The minimum atomic E-state index is 0.470. The topological polar surface area (TPSA) is 57.4 Å². The molecule has 0 aliphatic heterocycles. The number of pyridine rings is 1. The quantitative estimate of drug-likeness (QED) is 0.846. The van der Waals surface area contributed by atoms with E-state index in [4.69, 9.17) is 15.2 Å². The Morgan fingerprint density at radius 1 is 1.31 bits per heavy atom. The standard InChI is InChI=1S/C12H14N2O2/c1-15-10-2-3-11-9(8-10)4-6-14-12(11)16-7-5-13/h2-4,6,8H,5,7,13H2,1H3. The van der Waals surface area contributed by atoms with E-state index in [0.29, 0.717) is 19.0 Å². The summed E-state index contributed by atoms with van der Waals surface area (Å²) in [6.45, 7) is 0.951. The fraction of sp³-hybridized carbons (Fsp3) is 0.250. The van der Waals surface area contributed by atoms with Crippen LogP contribution in [0.4, 0.5) is 0 Å². The minimum absolute atomic E-state index is 0.470. The lowest BCUT2D eigenvalue weighted by Crippen LogP contribution is -2.11. The van der Waals surface area contributed by atoms with Gasteiger partial charge in [0, 0.05) is 18.1 Å². The van der Waals surface area contributed by atoms with Crippen molar-refractivity contribution in [3.8, 4) is 11.6 Å². The summed E-state index contributed by atoms with van der Waals surface area (Å²) in [5, 5.41) is 2.01. The zero-order chi connectivity index (χ0) is 11.4. The highest BCUT2D eigenvalue weighted by Gasteiger charge is 2.04. The molecule has 1 aromatic heterocycles. The van der Waals surface area contributed by atoms with Crippen LogP contribution in [0.25, 0.3) is 10.8 Å². The van der Waals surface area contributed by atoms with E-state index in [2.05, 4.69) is 4.98 Å². The van der Waals surface area contributed by atoms with Crippen LogP contribution in [0.2, 0.25) is 0 Å². The number of fused-ring (bicyclic) bond motifs is 1. The number of rotatable bonds is 4. The Kier molecular flexibility index (Phi) is 3.22. The Labute approximate surface area is 94.0 Å². The summed E-state index contributed by atoms with van der Waals surface area (Å²) >= 11 is 0. The van der Waals surface area contributed by atoms with Crippen molar-refractivity contribution in [3.05, 3.63) is 30.5 Å². The molecule has 0 saturated carbocycles. The Hall–Kier alpha value is -1.81. The summed E-state index contributed by atoms with van der Waals surface area (Å²) in [5.41, 5.74) is 5.39. The van der Waals surface area contributed by atoms with Crippen molar-refractivity contribution in [2.45, 2.75) is 0 Å². The SMILES string of the molecule is COc1ccc2c(OCCN)nccc2c1. The van der Waals surface area contributed by atoms with Crippen molar-refractivity contribution in [1.82, 2.24) is 4.98 Å². The molecular weight excluding hydrogens is 204 g/mol. The molecule has 4 heteroatoms. The monoisotopic (exact) mass is 218 g/mol. The fourth-order valence-electron chi connectivity index (χ4n) is 1.53. The number of hydrogen-bond donors (Lipinski definition) is 1. The van der Waals surface area contributed by atoms with Gasteiger partial charge in [0.2, 0.25) is 5.88 Å². The number of nitrogens with zero attached hydrogens (tertiary/aromatic N) is 1. The highest BCUT2D eigenvalue weighted by Crippen LogP contribution is 2.26. The van der Waals surface area contributed by atoms with Crippen molar-refractivity contribution < 1.29 is 9.47 Å². The van der Waals surface area contributed by atoms with Crippen LogP contribution < -0.4 is 15.2 Å². The van der Waals surface area contributed by atoms with Crippen molar-refractivity contribution >= 4 is 10.8 Å². The number of benzene rings is 1. The molecule has 0 aliphatic rings. The van der Waals surface area contributed by atoms with E-state index >= 15 is 0 Å². The van der Waals surface area contributed by atoms with Gasteiger partial charge < -0.3 is 15.2 Å². The first-order valence-corrected chi connectivity index (χ1v) is 5.11. The van der Waals surface area contributed by atoms with E-state index in [1.54, 1.807) is 13.3 Å². The first-order chi connectivity index (χ1) is 7.85. The zero-order valence-electron chi connectivity index (χ0n) is 9.14. The summed E-state index contributed by atoms with van der Waals surface area (Å²) in [5.74, 6) is 1.44. The summed E-state index contributed by atoms with van der Waals surface area (Å²) in [4.78, 5) is 4.18. The molecule has 2 rings (SSSR count). The molecule has 0 unspecified atom stereocenters. The van der Waals surface area contributed by atoms with Crippen LogP contribution in [0, 0.1) is 0 Å². The van der Waals surface area contributed by atoms with Crippen LogP contribution in [0.3, 0.4) is 0 Å². The normalized spacial score (nSPS) is 10.4. The largest absolute Gasteiger partial charge is 0.497 e. The van der Waals surface area contributed by atoms with Crippen molar-refractivity contribution in [2.75, 3.05) is 20.3 Å². The van der Waals surface area contributed by atoms with Crippen molar-refractivity contribution in [3.63, 3.8) is 0 Å². The third-order valence-corrected chi connectivity index (χ3v) is 2.29. The Morgan fingerprint density at radius 2 is 2.19 bits per heavy atom. The molecule has 1 heterocycles. The Morgan fingerprint density at radius 3 is 2.94 bits per heavy atom. The first kappa shape index (κ1) is 10.7. The van der Waals surface area contributed by atoms with Gasteiger partial charge in [0.1, 0.15) is 12.4 Å². The van der Waals surface area contributed by atoms with Gasteiger partial charge in [-0.25, -0.2) is 4.98 Å². The van der Waals surface area contributed by atoms with Gasteiger partial charge in [0.25, 0.3) is 0 Å². The van der Waals surface area contributed by atoms with Crippen LogP contribution in [0.1, 0.15) is 0 Å². The third-order valence-electron chi connectivity index (χ3n) is 2.29. The van der Waals surface area contributed by atoms with E-state index < -0.39 is 0 Å². The molecule has 0 fully saturated rings. The Balaban J connectivity index is 2.43. The van der Waals surface area contributed by atoms with Crippen molar-refractivity contribution in [2.24, 2.45) is 5.73 Å². The second-order valence-corrected chi connectivity index (χ2v) is 3.34. The molecule has 0 amide bonds. The lowest BCUT2D eigenvalue weighted by Gasteiger charge is -2.07. The number of ether oxygens (including phenoxy) is 2. The van der Waals surface area contributed by atoms with Crippen LogP contribution >= 0.6 is 0 Å². The maximum absolute atomic E-state index is 5.47. The molecule has 0 bridgehead atoms. The zero-order valence-corrected chi connectivity index (χ0v) is 9.14. The van der Waals surface area contributed by atoms with Gasteiger partial charge in [-0.3, -0.25) is 0 Å². The highest BCUT2D eigenvalue weighted by molar-refractivity contribution is 5.87. The average Bonchev–Trinajstić information content (AvgIpc) is 2.35. The second kappa shape index (κ2) is 4.81. The average molecular weight is 218 g/mol. The van der Waals surface area contributed by atoms with E-state index in [-0.39, 0.29) is 0 Å². The van der Waals surface area contributed by atoms with E-state index in [1.165, 1.54) is 0 Å². The molecule has 4 nitrogen and oxygen atoms in total. The van der Waals surface area contributed by atoms with Gasteiger partial charge >= 0.3 is 0 Å². The van der Waals surface area contributed by atoms with Gasteiger partial charge in [0.15, 0.2) is 0 Å². The van der Waals surface area contributed by atoms with Crippen LogP contribution in [0.5, 0.6) is 11.6 Å². The summed E-state index contributed by atoms with van der Waals surface area (Å²) in [7, 11) is 1.65. The fourth-order valence-corrected chi connectivity index (χ4v) is 1.53. The molecular formula is C12H14N2O2. The van der Waals surface area contributed by atoms with E-state index in [0.717, 1.165) is 16.5 Å². The molecule has 16 heavy (non-hydrogen) atoms. The lowest BCUT2D eigenvalue weighted by atomic mass is 10.1. The van der Waals surface area contributed by atoms with Gasteiger partial charge in [0.05, 0.1) is 7.11 Å². The number of methoxy groups -OCH3 is 1. The molecule has 84 valence electrons. The number of nitrogens with two attached hydrogens (primary N) is 1. The van der Waals surface area contributed by atoms with Crippen LogP contribution in [-0.4, -0.2) is 25.2 Å². The van der Waals surface area contributed by atoms with Gasteiger partial charge in [-0.2, -0.15) is 0 Å². The predicted molar refractivity (Wildman–Crippen MR) is 62.8 cm³/mol. The predicted octanol–water partition coefficient (Wildman–Crippen LogP) is 1.58. The second-order valence-electron chi connectivity index (χ2n) is 3.34. The molecule has 2 N–H and O–H groups in total. The lowest BCUT2D eigenvalue weighted by molar-refractivity contribution is 0.320. The van der Waals surface area contributed by atoms with Crippen molar-refractivity contribution in [1.29, 1.82) is 0 Å². The first-order valence-electron chi connectivity index (χ1n) is 5.11. The third kappa shape index (κ3) is 2.06. The molecule has 0 saturated heterocycles. The van der Waals surface area contributed by atoms with E-state index in [1.807, 2.05) is 24.3 Å². The molecule has 0 spiro atoms. The highest BCUT2D eigenvalue weighted by atomic mass is 16.5. The van der Waals surface area contributed by atoms with Gasteiger partial charge in [-0.05, 0) is 29.7 Å². The molecule has 2 aromatic rings. The minimum Gasteiger partial charge on any atom is -0.497 e.